The van der Waals surface area contributed by atoms with Crippen LogP contribution in [-0.4, -0.2) is 26.2 Å². The standard InChI is InChI=1S/C17H14O5/c18-12(7-5-11-6-8-15(20)17(22)9-11)10-16(21)13-3-1-2-4-14(13)19/h1-10,19-22H/b7-5?,16-10-. The summed E-state index contributed by atoms with van der Waals surface area (Å²) in [6.45, 7) is 0. The molecule has 0 aromatic heterocycles. The number of phenols is 3. The van der Waals surface area contributed by atoms with Gasteiger partial charge in [0.1, 0.15) is 11.5 Å². The van der Waals surface area contributed by atoms with Crippen molar-refractivity contribution in [3.63, 3.8) is 0 Å². The number of aromatic hydroxyl groups is 3. The Morgan fingerprint density at radius 2 is 1.64 bits per heavy atom. The van der Waals surface area contributed by atoms with E-state index in [1.165, 1.54) is 42.5 Å². The number of aliphatic hydroxyl groups is 1. The van der Waals surface area contributed by atoms with Gasteiger partial charge in [-0.3, -0.25) is 4.79 Å². The van der Waals surface area contributed by atoms with E-state index in [9.17, 15) is 25.2 Å². The van der Waals surface area contributed by atoms with Crippen LogP contribution in [0.5, 0.6) is 17.2 Å². The van der Waals surface area contributed by atoms with Gasteiger partial charge in [0.05, 0.1) is 5.56 Å². The molecule has 4 N–H and O–H groups in total. The molecule has 0 spiro atoms. The lowest BCUT2D eigenvalue weighted by atomic mass is 10.1. The first-order chi connectivity index (χ1) is 10.5. The van der Waals surface area contributed by atoms with Crippen molar-refractivity contribution in [2.75, 3.05) is 0 Å². The number of carbonyl (C=O) groups excluding carboxylic acids is 1. The number of allylic oxidation sites excluding steroid dienone is 2. The molecule has 5 nitrogen and oxygen atoms in total. The fourth-order valence-corrected chi connectivity index (χ4v) is 1.77. The molecule has 5 heteroatoms. The molecule has 2 aromatic rings. The molecule has 0 fully saturated rings. The zero-order valence-electron chi connectivity index (χ0n) is 11.5. The van der Waals surface area contributed by atoms with Gasteiger partial charge in [-0.25, -0.2) is 0 Å². The van der Waals surface area contributed by atoms with Gasteiger partial charge in [-0.05, 0) is 35.9 Å². The van der Waals surface area contributed by atoms with Gasteiger partial charge in [-0.15, -0.1) is 0 Å². The van der Waals surface area contributed by atoms with Crippen LogP contribution in [0.1, 0.15) is 11.1 Å². The topological polar surface area (TPSA) is 98.0 Å². The third kappa shape index (κ3) is 3.67. The Kier molecular flexibility index (Phi) is 4.48. The minimum atomic E-state index is -0.492. The highest BCUT2D eigenvalue weighted by Gasteiger charge is 2.06. The molecule has 0 heterocycles. The largest absolute Gasteiger partial charge is 0.507 e. The molecule has 112 valence electrons. The Morgan fingerprint density at radius 1 is 0.909 bits per heavy atom. The Morgan fingerprint density at radius 3 is 2.32 bits per heavy atom. The van der Waals surface area contributed by atoms with Gasteiger partial charge >= 0.3 is 0 Å². The fraction of sp³-hybridized carbons (Fsp3) is 0. The molecule has 0 saturated heterocycles. The van der Waals surface area contributed by atoms with E-state index >= 15 is 0 Å². The third-order valence-corrected chi connectivity index (χ3v) is 2.90. The zero-order chi connectivity index (χ0) is 16.1. The highest BCUT2D eigenvalue weighted by atomic mass is 16.3. The molecule has 0 bridgehead atoms. The third-order valence-electron chi connectivity index (χ3n) is 2.90. The van der Waals surface area contributed by atoms with Crippen LogP contribution in [0.15, 0.2) is 54.6 Å². The van der Waals surface area contributed by atoms with Crippen LogP contribution >= 0.6 is 0 Å². The van der Waals surface area contributed by atoms with E-state index in [4.69, 9.17) is 0 Å². The average Bonchev–Trinajstić information content (AvgIpc) is 2.49. The second kappa shape index (κ2) is 6.49. The first-order valence-corrected chi connectivity index (χ1v) is 6.40. The number of hydrogen-bond acceptors (Lipinski definition) is 5. The van der Waals surface area contributed by atoms with Crippen LogP contribution in [0.2, 0.25) is 0 Å². The van der Waals surface area contributed by atoms with Crippen molar-refractivity contribution in [2.24, 2.45) is 0 Å². The van der Waals surface area contributed by atoms with Gasteiger partial charge in [-0.1, -0.05) is 24.3 Å². The summed E-state index contributed by atoms with van der Waals surface area (Å²) in [7, 11) is 0. The smallest absolute Gasteiger partial charge is 0.182 e. The van der Waals surface area contributed by atoms with Crippen LogP contribution in [0.3, 0.4) is 0 Å². The summed E-state index contributed by atoms with van der Waals surface area (Å²) >= 11 is 0. The molecule has 0 unspecified atom stereocenters. The Hall–Kier alpha value is -3.21. The van der Waals surface area contributed by atoms with E-state index < -0.39 is 5.78 Å². The lowest BCUT2D eigenvalue weighted by Gasteiger charge is -2.02. The molecule has 0 amide bonds. The fourth-order valence-electron chi connectivity index (χ4n) is 1.77. The molecule has 0 atom stereocenters. The quantitative estimate of drug-likeness (QED) is 0.395. The summed E-state index contributed by atoms with van der Waals surface area (Å²) in [6.07, 6.45) is 3.60. The van der Waals surface area contributed by atoms with Gasteiger partial charge in [-0.2, -0.15) is 0 Å². The van der Waals surface area contributed by atoms with E-state index in [0.29, 0.717) is 5.56 Å². The van der Waals surface area contributed by atoms with Crippen molar-refractivity contribution in [1.82, 2.24) is 0 Å². The SMILES string of the molecule is O=C(C=Cc1ccc(O)c(O)c1)/C=C(\O)c1ccccc1O. The van der Waals surface area contributed by atoms with Crippen molar-refractivity contribution in [3.8, 4) is 17.2 Å². The van der Waals surface area contributed by atoms with Crippen molar-refractivity contribution in [1.29, 1.82) is 0 Å². The summed E-state index contributed by atoms with van der Waals surface area (Å²) in [4.78, 5) is 11.7. The molecule has 0 aliphatic heterocycles. The highest BCUT2D eigenvalue weighted by Crippen LogP contribution is 2.25. The lowest BCUT2D eigenvalue weighted by Crippen LogP contribution is -1.91. The monoisotopic (exact) mass is 298 g/mol. The van der Waals surface area contributed by atoms with Crippen molar-refractivity contribution in [2.45, 2.75) is 0 Å². The number of aliphatic hydroxyl groups excluding tert-OH is 1. The molecular formula is C17H14O5. The average molecular weight is 298 g/mol. The van der Waals surface area contributed by atoms with Crippen LogP contribution in [0, 0.1) is 0 Å². The second-order valence-corrected chi connectivity index (χ2v) is 4.53. The molecular weight excluding hydrogens is 284 g/mol. The predicted octanol–water partition coefficient (Wildman–Crippen LogP) is 2.98. The number of phenolic OH excluding ortho intramolecular Hbond substituents is 3. The van der Waals surface area contributed by atoms with Crippen molar-refractivity contribution < 1.29 is 25.2 Å². The minimum Gasteiger partial charge on any atom is -0.507 e. The van der Waals surface area contributed by atoms with Crippen molar-refractivity contribution >= 4 is 17.6 Å². The normalized spacial score (nSPS) is 11.7. The Bertz CT molecular complexity index is 759. The molecule has 2 rings (SSSR count). The molecule has 22 heavy (non-hydrogen) atoms. The van der Waals surface area contributed by atoms with Crippen LogP contribution in [-0.2, 0) is 4.79 Å². The van der Waals surface area contributed by atoms with Crippen LogP contribution in [0.25, 0.3) is 11.8 Å². The Labute approximate surface area is 126 Å². The molecule has 0 aliphatic rings. The van der Waals surface area contributed by atoms with Gasteiger partial charge < -0.3 is 20.4 Å². The summed E-state index contributed by atoms with van der Waals surface area (Å²) in [5, 5.41) is 37.9. The predicted molar refractivity (Wildman–Crippen MR) is 82.5 cm³/mol. The minimum absolute atomic E-state index is 0.128. The number of para-hydroxylation sites is 1. The summed E-state index contributed by atoms with van der Waals surface area (Å²) < 4.78 is 0. The van der Waals surface area contributed by atoms with Crippen LogP contribution < -0.4 is 0 Å². The first kappa shape index (κ1) is 15.2. The van der Waals surface area contributed by atoms with Gasteiger partial charge in [0, 0.05) is 6.08 Å². The first-order valence-electron chi connectivity index (χ1n) is 6.40. The summed E-state index contributed by atoms with van der Waals surface area (Å²) in [5.74, 6) is -1.51. The molecule has 0 saturated carbocycles. The number of carbonyl (C=O) groups is 1. The number of ketones is 1. The summed E-state index contributed by atoms with van der Waals surface area (Å²) in [6, 6.07) is 10.2. The maximum absolute atomic E-state index is 11.7. The van der Waals surface area contributed by atoms with Gasteiger partial charge in [0.15, 0.2) is 17.3 Å². The van der Waals surface area contributed by atoms with E-state index in [1.807, 2.05) is 0 Å². The maximum atomic E-state index is 11.7. The number of hydrogen-bond donors (Lipinski definition) is 4. The lowest BCUT2D eigenvalue weighted by molar-refractivity contribution is -0.110. The van der Waals surface area contributed by atoms with E-state index in [0.717, 1.165) is 6.08 Å². The second-order valence-electron chi connectivity index (χ2n) is 4.53. The molecule has 2 aromatic carbocycles. The maximum Gasteiger partial charge on any atom is 0.182 e. The number of benzene rings is 2. The summed E-state index contributed by atoms with van der Waals surface area (Å²) in [5.41, 5.74) is 0.672. The molecule has 0 radical (unpaired) electrons. The molecule has 0 aliphatic carbocycles. The van der Waals surface area contributed by atoms with E-state index in [1.54, 1.807) is 12.1 Å². The van der Waals surface area contributed by atoms with E-state index in [-0.39, 0.29) is 28.6 Å². The Balaban J connectivity index is 2.15. The number of rotatable bonds is 4. The van der Waals surface area contributed by atoms with Gasteiger partial charge in [0.25, 0.3) is 0 Å². The van der Waals surface area contributed by atoms with E-state index in [2.05, 4.69) is 0 Å². The zero-order valence-corrected chi connectivity index (χ0v) is 11.5. The van der Waals surface area contributed by atoms with Crippen molar-refractivity contribution in [3.05, 3.63) is 65.7 Å². The van der Waals surface area contributed by atoms with Gasteiger partial charge in [0.2, 0.25) is 0 Å². The van der Waals surface area contributed by atoms with Crippen LogP contribution in [0.4, 0.5) is 0 Å². The highest BCUT2D eigenvalue weighted by molar-refractivity contribution is 6.05.